The summed E-state index contributed by atoms with van der Waals surface area (Å²) in [5.41, 5.74) is 0.334. The summed E-state index contributed by atoms with van der Waals surface area (Å²) >= 11 is 0. The molecule has 2 aliphatic rings. The van der Waals surface area contributed by atoms with E-state index in [1.807, 2.05) is 0 Å². The molecule has 0 radical (unpaired) electrons. The summed E-state index contributed by atoms with van der Waals surface area (Å²) in [5.74, 6) is 0.842. The Labute approximate surface area is 86.6 Å². The molecule has 2 fully saturated rings. The lowest BCUT2D eigenvalue weighted by Crippen LogP contribution is -2.48. The third-order valence-corrected chi connectivity index (χ3v) is 3.58. The van der Waals surface area contributed by atoms with Crippen molar-refractivity contribution in [3.8, 4) is 0 Å². The Morgan fingerprint density at radius 2 is 2.21 bits per heavy atom. The molecule has 1 atom stereocenters. The van der Waals surface area contributed by atoms with Gasteiger partial charge >= 0.3 is 0 Å². The molecule has 82 valence electrons. The van der Waals surface area contributed by atoms with Crippen molar-refractivity contribution in [3.63, 3.8) is 0 Å². The maximum Gasteiger partial charge on any atom is 0.0483 e. The predicted octanol–water partition coefficient (Wildman–Crippen LogP) is 0.755. The molecule has 14 heavy (non-hydrogen) atoms. The van der Waals surface area contributed by atoms with E-state index in [4.69, 9.17) is 4.74 Å². The monoisotopic (exact) mass is 198 g/mol. The molecule has 2 N–H and O–H groups in total. The van der Waals surface area contributed by atoms with Gasteiger partial charge in [-0.25, -0.2) is 0 Å². The highest BCUT2D eigenvalue weighted by Crippen LogP contribution is 2.20. The second-order valence-electron chi connectivity index (χ2n) is 4.91. The van der Waals surface area contributed by atoms with Gasteiger partial charge in [0.25, 0.3) is 0 Å². The Kier molecular flexibility index (Phi) is 3.42. The van der Waals surface area contributed by atoms with E-state index in [0.29, 0.717) is 5.54 Å². The topological polar surface area (TPSA) is 33.3 Å². The molecule has 0 amide bonds. The average molecular weight is 198 g/mol. The highest BCUT2D eigenvalue weighted by atomic mass is 16.5. The fourth-order valence-electron chi connectivity index (χ4n) is 2.28. The van der Waals surface area contributed by atoms with Crippen LogP contribution in [0.1, 0.15) is 26.2 Å². The van der Waals surface area contributed by atoms with Gasteiger partial charge in [-0.3, -0.25) is 0 Å². The smallest absolute Gasteiger partial charge is 0.0483 e. The zero-order chi connectivity index (χ0) is 9.86. The van der Waals surface area contributed by atoms with Crippen LogP contribution in [0.2, 0.25) is 0 Å². The van der Waals surface area contributed by atoms with Crippen LogP contribution in [-0.4, -0.2) is 38.4 Å². The molecule has 0 spiro atoms. The van der Waals surface area contributed by atoms with E-state index in [1.54, 1.807) is 0 Å². The van der Waals surface area contributed by atoms with Crippen LogP contribution >= 0.6 is 0 Å². The quantitative estimate of drug-likeness (QED) is 0.702. The number of hydrogen-bond acceptors (Lipinski definition) is 3. The van der Waals surface area contributed by atoms with Gasteiger partial charge in [0.05, 0.1) is 0 Å². The van der Waals surface area contributed by atoms with Crippen molar-refractivity contribution >= 4 is 0 Å². The minimum Gasteiger partial charge on any atom is -0.381 e. The van der Waals surface area contributed by atoms with Gasteiger partial charge in [0.2, 0.25) is 0 Å². The summed E-state index contributed by atoms with van der Waals surface area (Å²) in [7, 11) is 0. The van der Waals surface area contributed by atoms with E-state index in [2.05, 4.69) is 17.6 Å². The third-order valence-electron chi connectivity index (χ3n) is 3.58. The SMILES string of the molecule is CC1(NCC2CCNC2)CCOCC1. The molecule has 2 aliphatic heterocycles. The fourth-order valence-corrected chi connectivity index (χ4v) is 2.28. The average Bonchev–Trinajstić information content (AvgIpc) is 2.69. The van der Waals surface area contributed by atoms with Crippen molar-refractivity contribution in [2.75, 3.05) is 32.8 Å². The first-order chi connectivity index (χ1) is 6.79. The van der Waals surface area contributed by atoms with Crippen molar-refractivity contribution in [2.45, 2.75) is 31.7 Å². The standard InChI is InChI=1S/C11H22N2O/c1-11(3-6-14-7-4-11)13-9-10-2-5-12-8-10/h10,12-13H,2-9H2,1H3. The first-order valence-corrected chi connectivity index (χ1v) is 5.82. The van der Waals surface area contributed by atoms with Crippen LogP contribution in [0.4, 0.5) is 0 Å². The summed E-state index contributed by atoms with van der Waals surface area (Å²) in [4.78, 5) is 0. The fraction of sp³-hybridized carbons (Fsp3) is 1.00. The van der Waals surface area contributed by atoms with Crippen molar-refractivity contribution < 1.29 is 4.74 Å². The highest BCUT2D eigenvalue weighted by molar-refractivity contribution is 4.87. The molecular formula is C11H22N2O. The zero-order valence-electron chi connectivity index (χ0n) is 9.14. The van der Waals surface area contributed by atoms with E-state index in [-0.39, 0.29) is 0 Å². The van der Waals surface area contributed by atoms with Crippen LogP contribution in [-0.2, 0) is 4.74 Å². The molecule has 2 rings (SSSR count). The van der Waals surface area contributed by atoms with Gasteiger partial charge in [0, 0.05) is 18.8 Å². The molecule has 0 aliphatic carbocycles. The zero-order valence-corrected chi connectivity index (χ0v) is 9.14. The number of nitrogens with one attached hydrogen (secondary N) is 2. The van der Waals surface area contributed by atoms with E-state index in [9.17, 15) is 0 Å². The summed E-state index contributed by atoms with van der Waals surface area (Å²) < 4.78 is 5.38. The van der Waals surface area contributed by atoms with Gasteiger partial charge in [0.15, 0.2) is 0 Å². The van der Waals surface area contributed by atoms with Gasteiger partial charge < -0.3 is 15.4 Å². The molecule has 0 bridgehead atoms. The minimum atomic E-state index is 0.334. The molecule has 2 saturated heterocycles. The Morgan fingerprint density at radius 3 is 2.86 bits per heavy atom. The second kappa shape index (κ2) is 4.60. The van der Waals surface area contributed by atoms with E-state index in [1.165, 1.54) is 26.1 Å². The van der Waals surface area contributed by atoms with Gasteiger partial charge in [-0.05, 0) is 51.7 Å². The lowest BCUT2D eigenvalue weighted by atomic mass is 9.91. The maximum absolute atomic E-state index is 5.38. The van der Waals surface area contributed by atoms with Crippen LogP contribution in [0, 0.1) is 5.92 Å². The van der Waals surface area contributed by atoms with Gasteiger partial charge in [-0.15, -0.1) is 0 Å². The molecule has 0 aromatic rings. The molecule has 0 saturated carbocycles. The van der Waals surface area contributed by atoms with Gasteiger partial charge in [0.1, 0.15) is 0 Å². The molecule has 2 heterocycles. The molecule has 0 aromatic carbocycles. The Morgan fingerprint density at radius 1 is 1.43 bits per heavy atom. The summed E-state index contributed by atoms with van der Waals surface area (Å²) in [6.45, 7) is 7.74. The van der Waals surface area contributed by atoms with Crippen molar-refractivity contribution in [1.82, 2.24) is 10.6 Å². The Hall–Kier alpha value is -0.120. The molecule has 3 nitrogen and oxygen atoms in total. The van der Waals surface area contributed by atoms with Crippen LogP contribution in [0.15, 0.2) is 0 Å². The van der Waals surface area contributed by atoms with E-state index in [0.717, 1.165) is 32.0 Å². The summed E-state index contributed by atoms with van der Waals surface area (Å²) in [6.07, 6.45) is 3.65. The molecule has 0 aromatic heterocycles. The normalized spacial score (nSPS) is 31.9. The van der Waals surface area contributed by atoms with Crippen LogP contribution in [0.3, 0.4) is 0 Å². The predicted molar refractivity (Wildman–Crippen MR) is 57.4 cm³/mol. The van der Waals surface area contributed by atoms with Gasteiger partial charge in [-0.2, -0.15) is 0 Å². The van der Waals surface area contributed by atoms with Gasteiger partial charge in [-0.1, -0.05) is 0 Å². The Bertz CT molecular complexity index is 172. The lowest BCUT2D eigenvalue weighted by molar-refractivity contribution is 0.0440. The number of rotatable bonds is 3. The van der Waals surface area contributed by atoms with Crippen molar-refractivity contribution in [3.05, 3.63) is 0 Å². The van der Waals surface area contributed by atoms with Crippen molar-refractivity contribution in [2.24, 2.45) is 5.92 Å². The van der Waals surface area contributed by atoms with Crippen LogP contribution in [0.25, 0.3) is 0 Å². The molecular weight excluding hydrogens is 176 g/mol. The third kappa shape index (κ3) is 2.69. The lowest BCUT2D eigenvalue weighted by Gasteiger charge is -2.35. The first-order valence-electron chi connectivity index (χ1n) is 5.82. The van der Waals surface area contributed by atoms with Crippen LogP contribution in [0.5, 0.6) is 0 Å². The highest BCUT2D eigenvalue weighted by Gasteiger charge is 2.27. The van der Waals surface area contributed by atoms with Crippen LogP contribution < -0.4 is 10.6 Å². The summed E-state index contributed by atoms with van der Waals surface area (Å²) in [5, 5.41) is 7.13. The van der Waals surface area contributed by atoms with E-state index < -0.39 is 0 Å². The largest absolute Gasteiger partial charge is 0.381 e. The second-order valence-corrected chi connectivity index (χ2v) is 4.91. The van der Waals surface area contributed by atoms with Crippen molar-refractivity contribution in [1.29, 1.82) is 0 Å². The first kappa shape index (κ1) is 10.4. The summed E-state index contributed by atoms with van der Waals surface area (Å²) in [6, 6.07) is 0. The molecule has 3 heteroatoms. The minimum absolute atomic E-state index is 0.334. The maximum atomic E-state index is 5.38. The number of hydrogen-bond donors (Lipinski definition) is 2. The number of ether oxygens (including phenoxy) is 1. The van der Waals surface area contributed by atoms with E-state index >= 15 is 0 Å². The molecule has 1 unspecified atom stereocenters. The Balaban J connectivity index is 1.72.